The summed E-state index contributed by atoms with van der Waals surface area (Å²) in [7, 11) is -3.63. The van der Waals surface area contributed by atoms with Crippen molar-refractivity contribution in [2.24, 2.45) is 0 Å². The van der Waals surface area contributed by atoms with Crippen LogP contribution in [0.15, 0.2) is 23.1 Å². The fraction of sp³-hybridized carbons (Fsp3) is 0.611. The molecule has 27 heavy (non-hydrogen) atoms. The van der Waals surface area contributed by atoms with Gasteiger partial charge >= 0.3 is 0 Å². The second-order valence-corrected chi connectivity index (χ2v) is 10.00. The van der Waals surface area contributed by atoms with E-state index < -0.39 is 10.0 Å². The summed E-state index contributed by atoms with van der Waals surface area (Å²) < 4.78 is 27.0. The maximum absolute atomic E-state index is 12.8. The first kappa shape index (κ1) is 22.4. The van der Waals surface area contributed by atoms with E-state index in [-0.39, 0.29) is 27.9 Å². The van der Waals surface area contributed by atoms with Crippen LogP contribution < -0.4 is 0 Å². The third-order valence-corrected chi connectivity index (χ3v) is 7.25. The fourth-order valence-electron chi connectivity index (χ4n) is 3.36. The van der Waals surface area contributed by atoms with Crippen LogP contribution in [0.2, 0.25) is 10.0 Å². The van der Waals surface area contributed by atoms with Gasteiger partial charge in [0.05, 0.1) is 21.5 Å². The van der Waals surface area contributed by atoms with Crippen LogP contribution in [0, 0.1) is 0 Å². The van der Waals surface area contributed by atoms with Gasteiger partial charge in [-0.2, -0.15) is 4.31 Å². The van der Waals surface area contributed by atoms with Crippen molar-refractivity contribution in [3.05, 3.63) is 28.2 Å². The molecular weight excluding hydrogens is 409 g/mol. The molecule has 1 aromatic rings. The van der Waals surface area contributed by atoms with Gasteiger partial charge in [-0.3, -0.25) is 9.69 Å². The summed E-state index contributed by atoms with van der Waals surface area (Å²) in [6.07, 6.45) is 0. The van der Waals surface area contributed by atoms with Gasteiger partial charge in [0.1, 0.15) is 0 Å². The normalized spacial score (nSPS) is 16.9. The molecule has 0 aromatic heterocycles. The molecule has 0 spiro atoms. The van der Waals surface area contributed by atoms with Crippen molar-refractivity contribution >= 4 is 39.1 Å². The minimum absolute atomic E-state index is 0.0702. The van der Waals surface area contributed by atoms with Crippen LogP contribution in [0.4, 0.5) is 0 Å². The number of rotatable bonds is 6. The summed E-state index contributed by atoms with van der Waals surface area (Å²) in [4.78, 5) is 16.6. The molecule has 2 rings (SSSR count). The van der Waals surface area contributed by atoms with Gasteiger partial charge in [0.25, 0.3) is 0 Å². The predicted molar refractivity (Wildman–Crippen MR) is 109 cm³/mol. The second kappa shape index (κ2) is 9.09. The molecule has 1 aromatic carbocycles. The summed E-state index contributed by atoms with van der Waals surface area (Å²) in [6.45, 7) is 9.99. The number of benzene rings is 1. The number of carbonyl (C=O) groups is 1. The number of hydrogen-bond donors (Lipinski definition) is 0. The number of halogens is 2. The Balaban J connectivity index is 2.00. The molecule has 0 aliphatic carbocycles. The van der Waals surface area contributed by atoms with Crippen molar-refractivity contribution < 1.29 is 13.2 Å². The Kier molecular flexibility index (Phi) is 7.55. The minimum Gasteiger partial charge on any atom is -0.337 e. The number of sulfonamides is 1. The zero-order valence-electron chi connectivity index (χ0n) is 16.2. The summed E-state index contributed by atoms with van der Waals surface area (Å²) in [6, 6.07) is 4.58. The highest BCUT2D eigenvalue weighted by molar-refractivity contribution is 7.89. The lowest BCUT2D eigenvalue weighted by molar-refractivity contribution is -0.136. The molecule has 0 radical (unpaired) electrons. The molecule has 152 valence electrons. The smallest absolute Gasteiger partial charge is 0.243 e. The van der Waals surface area contributed by atoms with Crippen LogP contribution in [-0.2, 0) is 14.8 Å². The molecule has 1 heterocycles. The molecule has 9 heteroatoms. The SMILES string of the molecule is CC(C)N(C(=O)CN1CCN(S(=O)(=O)c2ccc(Cl)c(Cl)c2)CC1)C(C)C. The molecule has 0 N–H and O–H groups in total. The lowest BCUT2D eigenvalue weighted by Gasteiger charge is -2.36. The average Bonchev–Trinajstić information content (AvgIpc) is 2.57. The molecule has 0 saturated carbocycles. The van der Waals surface area contributed by atoms with E-state index in [9.17, 15) is 13.2 Å². The highest BCUT2D eigenvalue weighted by atomic mass is 35.5. The van der Waals surface area contributed by atoms with E-state index in [4.69, 9.17) is 23.2 Å². The minimum atomic E-state index is -3.63. The van der Waals surface area contributed by atoms with Gasteiger partial charge < -0.3 is 4.90 Å². The van der Waals surface area contributed by atoms with Crippen LogP contribution in [0.5, 0.6) is 0 Å². The lowest BCUT2D eigenvalue weighted by Crippen LogP contribution is -2.53. The van der Waals surface area contributed by atoms with E-state index in [1.807, 2.05) is 37.5 Å². The zero-order chi connectivity index (χ0) is 20.4. The first-order chi connectivity index (χ1) is 12.5. The number of nitrogens with zero attached hydrogens (tertiary/aromatic N) is 3. The Hall–Kier alpha value is -0.860. The average molecular weight is 436 g/mol. The van der Waals surface area contributed by atoms with E-state index in [0.29, 0.717) is 37.7 Å². The Labute approximate surface area is 172 Å². The summed E-state index contributed by atoms with van der Waals surface area (Å²) in [5, 5.41) is 0.531. The standard InChI is InChI=1S/C18H27Cl2N3O3S/c1-13(2)23(14(3)4)18(24)12-21-7-9-22(10-8-21)27(25,26)15-5-6-16(19)17(20)11-15/h5-6,11,13-14H,7-10,12H2,1-4H3. The summed E-state index contributed by atoms with van der Waals surface area (Å²) in [5.74, 6) is 0.0702. The van der Waals surface area contributed by atoms with Gasteiger partial charge in [-0.05, 0) is 45.9 Å². The molecule has 1 fully saturated rings. The first-order valence-electron chi connectivity index (χ1n) is 9.02. The van der Waals surface area contributed by atoms with Crippen LogP contribution in [0.1, 0.15) is 27.7 Å². The second-order valence-electron chi connectivity index (χ2n) is 7.24. The highest BCUT2D eigenvalue weighted by Gasteiger charge is 2.30. The molecule has 1 saturated heterocycles. The van der Waals surface area contributed by atoms with Crippen molar-refractivity contribution in [3.63, 3.8) is 0 Å². The van der Waals surface area contributed by atoms with E-state index in [1.165, 1.54) is 22.5 Å². The van der Waals surface area contributed by atoms with Gasteiger partial charge in [-0.1, -0.05) is 23.2 Å². The Morgan fingerprint density at radius 3 is 2.07 bits per heavy atom. The fourth-order valence-corrected chi connectivity index (χ4v) is 5.17. The van der Waals surface area contributed by atoms with Crippen molar-refractivity contribution in [1.82, 2.24) is 14.1 Å². The molecular formula is C18H27Cl2N3O3S. The van der Waals surface area contributed by atoms with E-state index in [1.54, 1.807) is 0 Å². The Morgan fingerprint density at radius 1 is 1.04 bits per heavy atom. The van der Waals surface area contributed by atoms with Crippen LogP contribution in [0.3, 0.4) is 0 Å². The van der Waals surface area contributed by atoms with Crippen LogP contribution in [0.25, 0.3) is 0 Å². The zero-order valence-corrected chi connectivity index (χ0v) is 18.5. The Bertz CT molecular complexity index is 768. The number of hydrogen-bond acceptors (Lipinski definition) is 4. The monoisotopic (exact) mass is 435 g/mol. The quantitative estimate of drug-likeness (QED) is 0.688. The van der Waals surface area contributed by atoms with Crippen molar-refractivity contribution in [1.29, 1.82) is 0 Å². The molecule has 6 nitrogen and oxygen atoms in total. The molecule has 1 aliphatic heterocycles. The maximum Gasteiger partial charge on any atom is 0.243 e. The molecule has 0 unspecified atom stereocenters. The first-order valence-corrected chi connectivity index (χ1v) is 11.2. The molecule has 0 atom stereocenters. The van der Waals surface area contributed by atoms with Gasteiger partial charge in [0, 0.05) is 38.3 Å². The third-order valence-electron chi connectivity index (χ3n) is 4.62. The summed E-state index contributed by atoms with van der Waals surface area (Å²) >= 11 is 11.8. The van der Waals surface area contributed by atoms with Crippen LogP contribution >= 0.6 is 23.2 Å². The highest BCUT2D eigenvalue weighted by Crippen LogP contribution is 2.27. The van der Waals surface area contributed by atoms with Gasteiger partial charge in [-0.25, -0.2) is 8.42 Å². The lowest BCUT2D eigenvalue weighted by atomic mass is 10.2. The maximum atomic E-state index is 12.8. The number of carbonyl (C=O) groups excluding carboxylic acids is 1. The topological polar surface area (TPSA) is 60.9 Å². The third kappa shape index (κ3) is 5.35. The van der Waals surface area contributed by atoms with E-state index in [2.05, 4.69) is 0 Å². The number of piperazine rings is 1. The summed E-state index contributed by atoms with van der Waals surface area (Å²) in [5.41, 5.74) is 0. The van der Waals surface area contributed by atoms with Crippen molar-refractivity contribution in [3.8, 4) is 0 Å². The van der Waals surface area contributed by atoms with Crippen molar-refractivity contribution in [2.45, 2.75) is 44.7 Å². The van der Waals surface area contributed by atoms with E-state index in [0.717, 1.165) is 0 Å². The molecule has 0 bridgehead atoms. The van der Waals surface area contributed by atoms with Gasteiger partial charge in [0.2, 0.25) is 15.9 Å². The largest absolute Gasteiger partial charge is 0.337 e. The van der Waals surface area contributed by atoms with Gasteiger partial charge in [0.15, 0.2) is 0 Å². The van der Waals surface area contributed by atoms with E-state index >= 15 is 0 Å². The van der Waals surface area contributed by atoms with Crippen LogP contribution in [-0.4, -0.2) is 73.2 Å². The molecule has 1 aliphatic rings. The Morgan fingerprint density at radius 2 is 1.59 bits per heavy atom. The molecule has 1 amide bonds. The predicted octanol–water partition coefficient (Wildman–Crippen LogP) is 2.95. The number of amides is 1. The van der Waals surface area contributed by atoms with Crippen molar-refractivity contribution in [2.75, 3.05) is 32.7 Å². The van der Waals surface area contributed by atoms with Gasteiger partial charge in [-0.15, -0.1) is 0 Å².